The second kappa shape index (κ2) is 5.97. The van der Waals surface area contributed by atoms with Crippen LogP contribution >= 0.6 is 11.3 Å². The highest BCUT2D eigenvalue weighted by atomic mass is 32.1. The average molecular weight is 309 g/mol. The van der Waals surface area contributed by atoms with E-state index in [0.29, 0.717) is 17.2 Å². The molecule has 1 aromatic rings. The molecule has 2 heterocycles. The van der Waals surface area contributed by atoms with Crippen molar-refractivity contribution in [3.8, 4) is 0 Å². The first-order chi connectivity index (χ1) is 10.1. The van der Waals surface area contributed by atoms with Gasteiger partial charge in [0, 0.05) is 23.4 Å². The Kier molecular flexibility index (Phi) is 4.22. The molecule has 2 N–H and O–H groups in total. The van der Waals surface area contributed by atoms with E-state index < -0.39 is 0 Å². The van der Waals surface area contributed by atoms with Crippen LogP contribution in [0.2, 0.25) is 0 Å². The largest absolute Gasteiger partial charge is 0.458 e. The molecule has 1 saturated carbocycles. The summed E-state index contributed by atoms with van der Waals surface area (Å²) in [5.74, 6) is -0.238. The molecular formula is C16H23NO3S. The number of nitrogens with two attached hydrogens (primary N) is 1. The fraction of sp³-hybridized carbons (Fsp3) is 0.688. The summed E-state index contributed by atoms with van der Waals surface area (Å²) in [5.41, 5.74) is 6.44. The number of aryl methyl sites for hydroxylation is 1. The summed E-state index contributed by atoms with van der Waals surface area (Å²) in [6, 6.07) is 1.72. The highest BCUT2D eigenvalue weighted by Gasteiger charge is 2.39. The van der Waals surface area contributed by atoms with E-state index in [1.165, 1.54) is 30.6 Å². The van der Waals surface area contributed by atoms with Crippen molar-refractivity contribution in [2.45, 2.75) is 63.6 Å². The second-order valence-corrected chi connectivity index (χ2v) is 7.49. The van der Waals surface area contributed by atoms with Gasteiger partial charge in [0.1, 0.15) is 11.0 Å². The molecule has 0 bridgehead atoms. The molecule has 2 fully saturated rings. The van der Waals surface area contributed by atoms with Gasteiger partial charge in [0.05, 0.1) is 12.2 Å². The lowest BCUT2D eigenvalue weighted by Gasteiger charge is -2.43. The van der Waals surface area contributed by atoms with Gasteiger partial charge < -0.3 is 15.2 Å². The number of rotatable bonds is 2. The third-order valence-corrected chi connectivity index (χ3v) is 5.69. The van der Waals surface area contributed by atoms with Crippen LogP contribution < -0.4 is 5.73 Å². The lowest BCUT2D eigenvalue weighted by atomic mass is 9.79. The van der Waals surface area contributed by atoms with Crippen molar-refractivity contribution in [2.24, 2.45) is 0 Å². The number of hydrogen-bond acceptors (Lipinski definition) is 5. The summed E-state index contributed by atoms with van der Waals surface area (Å²) in [4.78, 5) is 13.8. The number of anilines is 1. The summed E-state index contributed by atoms with van der Waals surface area (Å²) in [5, 5.41) is 0. The zero-order chi connectivity index (χ0) is 14.9. The molecule has 1 saturated heterocycles. The predicted octanol–water partition coefficient (Wildman–Crippen LogP) is 3.68. The van der Waals surface area contributed by atoms with Crippen LogP contribution in [-0.2, 0) is 9.47 Å². The maximum Gasteiger partial charge on any atom is 0.348 e. The molecule has 1 aliphatic heterocycles. The lowest BCUT2D eigenvalue weighted by molar-refractivity contribution is -0.136. The number of esters is 1. The Morgan fingerprint density at radius 3 is 2.86 bits per heavy atom. The van der Waals surface area contributed by atoms with Crippen molar-refractivity contribution in [3.63, 3.8) is 0 Å². The van der Waals surface area contributed by atoms with Crippen molar-refractivity contribution in [1.82, 2.24) is 0 Å². The summed E-state index contributed by atoms with van der Waals surface area (Å²) < 4.78 is 11.7. The van der Waals surface area contributed by atoms with E-state index in [1.807, 2.05) is 6.92 Å². The molecule has 0 aromatic carbocycles. The van der Waals surface area contributed by atoms with Gasteiger partial charge in [0.2, 0.25) is 0 Å². The van der Waals surface area contributed by atoms with Crippen LogP contribution in [0.3, 0.4) is 0 Å². The van der Waals surface area contributed by atoms with E-state index in [0.717, 1.165) is 30.6 Å². The van der Waals surface area contributed by atoms with E-state index in [9.17, 15) is 4.79 Å². The standard InChI is InChI=1S/C16H23NO3S/c1-11-13(17)9-14(21-11)15(18)20-12-5-8-19-16(10-12)6-3-2-4-7-16/h9,12H,2-8,10,17H2,1H3. The SMILES string of the molecule is Cc1sc(C(=O)OC2CCOC3(CCCCC3)C2)cc1N. The minimum atomic E-state index is -0.238. The molecule has 116 valence electrons. The van der Waals surface area contributed by atoms with Crippen molar-refractivity contribution in [2.75, 3.05) is 12.3 Å². The number of ether oxygens (including phenoxy) is 2. The van der Waals surface area contributed by atoms with Crippen LogP contribution in [0, 0.1) is 6.92 Å². The van der Waals surface area contributed by atoms with Crippen LogP contribution in [-0.4, -0.2) is 24.3 Å². The minimum Gasteiger partial charge on any atom is -0.458 e. The third-order valence-electron chi connectivity index (χ3n) is 4.64. The summed E-state index contributed by atoms with van der Waals surface area (Å²) in [6.45, 7) is 2.62. The van der Waals surface area contributed by atoms with Crippen LogP contribution in [0.4, 0.5) is 5.69 Å². The first-order valence-electron chi connectivity index (χ1n) is 7.79. The summed E-state index contributed by atoms with van der Waals surface area (Å²) in [6.07, 6.45) is 7.57. The van der Waals surface area contributed by atoms with Crippen LogP contribution in [0.5, 0.6) is 0 Å². The fourth-order valence-corrected chi connectivity index (χ4v) is 4.26. The molecule has 1 spiro atoms. The van der Waals surface area contributed by atoms with Gasteiger partial charge in [-0.3, -0.25) is 0 Å². The molecule has 1 unspecified atom stereocenters. The zero-order valence-corrected chi connectivity index (χ0v) is 13.3. The van der Waals surface area contributed by atoms with Crippen LogP contribution in [0.15, 0.2) is 6.07 Å². The van der Waals surface area contributed by atoms with Gasteiger partial charge in [-0.15, -0.1) is 11.3 Å². The van der Waals surface area contributed by atoms with Crippen molar-refractivity contribution >= 4 is 23.0 Å². The van der Waals surface area contributed by atoms with Gasteiger partial charge in [0.15, 0.2) is 0 Å². The summed E-state index contributed by atoms with van der Waals surface area (Å²) >= 11 is 1.41. The average Bonchev–Trinajstić information content (AvgIpc) is 2.80. The zero-order valence-electron chi connectivity index (χ0n) is 12.5. The predicted molar refractivity (Wildman–Crippen MR) is 83.7 cm³/mol. The van der Waals surface area contributed by atoms with E-state index in [2.05, 4.69) is 0 Å². The van der Waals surface area contributed by atoms with Crippen molar-refractivity contribution in [3.05, 3.63) is 15.8 Å². The van der Waals surface area contributed by atoms with Gasteiger partial charge in [-0.1, -0.05) is 19.3 Å². The lowest BCUT2D eigenvalue weighted by Crippen LogP contribution is -2.44. The van der Waals surface area contributed by atoms with Crippen LogP contribution in [0.25, 0.3) is 0 Å². The van der Waals surface area contributed by atoms with E-state index in [-0.39, 0.29) is 17.7 Å². The molecular weight excluding hydrogens is 286 g/mol. The Hall–Kier alpha value is -1.07. The monoisotopic (exact) mass is 309 g/mol. The first kappa shape index (κ1) is 14.9. The Bertz CT molecular complexity index is 495. The van der Waals surface area contributed by atoms with Gasteiger partial charge in [-0.2, -0.15) is 0 Å². The Labute approximate surface area is 129 Å². The highest BCUT2D eigenvalue weighted by Crippen LogP contribution is 2.39. The van der Waals surface area contributed by atoms with Crippen LogP contribution in [0.1, 0.15) is 59.5 Å². The minimum absolute atomic E-state index is 0.0204. The van der Waals surface area contributed by atoms with Gasteiger partial charge in [0.25, 0.3) is 0 Å². The normalized spacial score (nSPS) is 24.9. The molecule has 4 nitrogen and oxygen atoms in total. The Balaban J connectivity index is 1.63. The number of carbonyl (C=O) groups is 1. The van der Waals surface area contributed by atoms with Crippen molar-refractivity contribution < 1.29 is 14.3 Å². The second-order valence-electron chi connectivity index (χ2n) is 6.23. The Morgan fingerprint density at radius 1 is 1.43 bits per heavy atom. The molecule has 5 heteroatoms. The number of nitrogen functional groups attached to an aromatic ring is 1. The molecule has 1 aliphatic carbocycles. The fourth-order valence-electron chi connectivity index (χ4n) is 3.43. The smallest absolute Gasteiger partial charge is 0.348 e. The third kappa shape index (κ3) is 3.24. The van der Waals surface area contributed by atoms with E-state index in [1.54, 1.807) is 6.07 Å². The van der Waals surface area contributed by atoms with E-state index >= 15 is 0 Å². The van der Waals surface area contributed by atoms with Gasteiger partial charge in [-0.25, -0.2) is 4.79 Å². The maximum absolute atomic E-state index is 12.2. The Morgan fingerprint density at radius 2 is 2.19 bits per heavy atom. The number of carbonyl (C=O) groups excluding carboxylic acids is 1. The molecule has 1 atom stereocenters. The molecule has 3 rings (SSSR count). The van der Waals surface area contributed by atoms with Crippen molar-refractivity contribution in [1.29, 1.82) is 0 Å². The first-order valence-corrected chi connectivity index (χ1v) is 8.60. The molecule has 0 amide bonds. The number of hydrogen-bond donors (Lipinski definition) is 1. The highest BCUT2D eigenvalue weighted by molar-refractivity contribution is 7.14. The topological polar surface area (TPSA) is 61.5 Å². The molecule has 1 aromatic heterocycles. The van der Waals surface area contributed by atoms with E-state index in [4.69, 9.17) is 15.2 Å². The van der Waals surface area contributed by atoms with Gasteiger partial charge >= 0.3 is 5.97 Å². The molecule has 0 radical (unpaired) electrons. The quantitative estimate of drug-likeness (QED) is 0.847. The van der Waals surface area contributed by atoms with Gasteiger partial charge in [-0.05, 0) is 25.8 Å². The molecule has 21 heavy (non-hydrogen) atoms. The maximum atomic E-state index is 12.2. The molecule has 2 aliphatic rings. The summed E-state index contributed by atoms with van der Waals surface area (Å²) in [7, 11) is 0. The number of thiophene rings is 1.